The number of aryl methyl sites for hydroxylation is 1. The Morgan fingerprint density at radius 2 is 2.05 bits per heavy atom. The molecule has 3 atom stereocenters. The Morgan fingerprint density at radius 1 is 1.37 bits per heavy atom. The van der Waals surface area contributed by atoms with Crippen LogP contribution in [0.5, 0.6) is 0 Å². The van der Waals surface area contributed by atoms with Crippen molar-refractivity contribution in [2.75, 3.05) is 0 Å². The number of nitrogens with one attached hydrogen (secondary N) is 1. The molecule has 1 fully saturated rings. The summed E-state index contributed by atoms with van der Waals surface area (Å²) < 4.78 is 40.7. The minimum absolute atomic E-state index is 0.215. The highest BCUT2D eigenvalue weighted by Gasteiger charge is 2.45. The zero-order valence-electron chi connectivity index (χ0n) is 11.1. The Bertz CT molecular complexity index is 415. The van der Waals surface area contributed by atoms with E-state index in [2.05, 4.69) is 15.5 Å². The second-order valence-electron chi connectivity index (χ2n) is 5.23. The predicted octanol–water partition coefficient (Wildman–Crippen LogP) is 2.59. The smallest absolute Gasteiger partial charge is 0.319 e. The summed E-state index contributed by atoms with van der Waals surface area (Å²) in [4.78, 5) is 0. The quantitative estimate of drug-likeness (QED) is 0.922. The van der Waals surface area contributed by atoms with Gasteiger partial charge < -0.3 is 9.88 Å². The average Bonchev–Trinajstić information content (AvgIpc) is 2.75. The molecule has 0 bridgehead atoms. The number of alkyl halides is 3. The predicted molar refractivity (Wildman–Crippen MR) is 64.4 cm³/mol. The van der Waals surface area contributed by atoms with E-state index in [9.17, 15) is 13.2 Å². The molecule has 19 heavy (non-hydrogen) atoms. The van der Waals surface area contributed by atoms with Gasteiger partial charge in [-0.1, -0.05) is 12.8 Å². The van der Waals surface area contributed by atoms with Crippen molar-refractivity contribution >= 4 is 0 Å². The third-order valence-corrected chi connectivity index (χ3v) is 3.78. The lowest BCUT2D eigenvalue weighted by molar-refractivity contribution is -0.189. The number of halogens is 3. The summed E-state index contributed by atoms with van der Waals surface area (Å²) >= 11 is 0. The van der Waals surface area contributed by atoms with Crippen molar-refractivity contribution in [1.29, 1.82) is 0 Å². The van der Waals surface area contributed by atoms with Crippen LogP contribution in [0.25, 0.3) is 0 Å². The zero-order chi connectivity index (χ0) is 14.0. The Kier molecular flexibility index (Phi) is 4.13. The molecule has 1 N–H and O–H groups in total. The molecule has 1 aliphatic carbocycles. The molecule has 3 unspecified atom stereocenters. The van der Waals surface area contributed by atoms with Gasteiger partial charge >= 0.3 is 6.18 Å². The Balaban J connectivity index is 2.06. The molecular weight excluding hydrogens is 257 g/mol. The number of aromatic nitrogens is 3. The van der Waals surface area contributed by atoms with Crippen LogP contribution in [0.2, 0.25) is 0 Å². The Labute approximate surface area is 110 Å². The molecule has 1 aromatic heterocycles. The van der Waals surface area contributed by atoms with E-state index < -0.39 is 18.1 Å². The topological polar surface area (TPSA) is 42.7 Å². The first-order valence-corrected chi connectivity index (χ1v) is 6.56. The summed E-state index contributed by atoms with van der Waals surface area (Å²) in [5.41, 5.74) is 0. The first-order valence-electron chi connectivity index (χ1n) is 6.56. The zero-order valence-corrected chi connectivity index (χ0v) is 11.1. The van der Waals surface area contributed by atoms with Crippen LogP contribution >= 0.6 is 0 Å². The summed E-state index contributed by atoms with van der Waals surface area (Å²) in [6.07, 6.45) is -0.303. The molecule has 1 heterocycles. The minimum Gasteiger partial charge on any atom is -0.319 e. The molecule has 7 heteroatoms. The number of nitrogens with zero attached hydrogens (tertiary/aromatic N) is 3. The normalized spacial score (nSPS) is 26.4. The maximum atomic E-state index is 13.0. The number of rotatable bonds is 3. The molecule has 1 aliphatic rings. The summed E-state index contributed by atoms with van der Waals surface area (Å²) in [6, 6.07) is -0.763. The van der Waals surface area contributed by atoms with E-state index in [1.165, 1.54) is 0 Å². The Hall–Kier alpha value is -1.11. The van der Waals surface area contributed by atoms with Crippen molar-refractivity contribution in [3.8, 4) is 0 Å². The monoisotopic (exact) mass is 276 g/mol. The summed E-state index contributed by atoms with van der Waals surface area (Å²) in [5, 5.41) is 10.8. The van der Waals surface area contributed by atoms with Crippen LogP contribution in [-0.4, -0.2) is 27.0 Å². The molecule has 0 aliphatic heterocycles. The lowest BCUT2D eigenvalue weighted by Gasteiger charge is -2.35. The maximum Gasteiger partial charge on any atom is 0.393 e. The van der Waals surface area contributed by atoms with E-state index in [1.54, 1.807) is 17.9 Å². The number of hydrogen-bond donors (Lipinski definition) is 1. The average molecular weight is 276 g/mol. The van der Waals surface area contributed by atoms with Gasteiger partial charge in [0.05, 0.1) is 12.0 Å². The summed E-state index contributed by atoms with van der Waals surface area (Å²) in [7, 11) is 1.79. The maximum absolute atomic E-state index is 13.0. The van der Waals surface area contributed by atoms with Gasteiger partial charge in [0, 0.05) is 13.1 Å². The highest BCUT2D eigenvalue weighted by atomic mass is 19.4. The molecule has 0 spiro atoms. The third-order valence-electron chi connectivity index (χ3n) is 3.78. The van der Waals surface area contributed by atoms with Gasteiger partial charge in [0.25, 0.3) is 0 Å². The van der Waals surface area contributed by atoms with Crippen molar-refractivity contribution < 1.29 is 13.2 Å². The standard InChI is InChI=1S/C12H19F3N4/c1-8(11-18-16-7-19(11)2)17-10-6-4-3-5-9(10)12(13,14)15/h7-10,17H,3-6H2,1-2H3. The van der Waals surface area contributed by atoms with E-state index in [0.717, 1.165) is 6.42 Å². The van der Waals surface area contributed by atoms with Gasteiger partial charge in [-0.25, -0.2) is 0 Å². The van der Waals surface area contributed by atoms with Gasteiger partial charge in [-0.3, -0.25) is 0 Å². The van der Waals surface area contributed by atoms with Gasteiger partial charge in [-0.05, 0) is 19.8 Å². The number of hydrogen-bond acceptors (Lipinski definition) is 3. The molecule has 108 valence electrons. The third kappa shape index (κ3) is 3.26. The van der Waals surface area contributed by atoms with Crippen LogP contribution in [0.4, 0.5) is 13.2 Å². The van der Waals surface area contributed by atoms with Crippen LogP contribution in [-0.2, 0) is 7.05 Å². The minimum atomic E-state index is -4.13. The van der Waals surface area contributed by atoms with Crippen molar-refractivity contribution in [2.24, 2.45) is 13.0 Å². The highest BCUT2D eigenvalue weighted by Crippen LogP contribution is 2.38. The van der Waals surface area contributed by atoms with Crippen molar-refractivity contribution in [3.05, 3.63) is 12.2 Å². The van der Waals surface area contributed by atoms with E-state index in [-0.39, 0.29) is 12.5 Å². The van der Waals surface area contributed by atoms with Gasteiger partial charge in [0.1, 0.15) is 12.2 Å². The molecular formula is C12H19F3N4. The fourth-order valence-corrected chi connectivity index (χ4v) is 2.80. The first-order chi connectivity index (χ1) is 8.89. The van der Waals surface area contributed by atoms with Gasteiger partial charge in [-0.15, -0.1) is 10.2 Å². The van der Waals surface area contributed by atoms with Crippen LogP contribution in [0, 0.1) is 5.92 Å². The van der Waals surface area contributed by atoms with Gasteiger partial charge in [0.15, 0.2) is 0 Å². The summed E-state index contributed by atoms with van der Waals surface area (Å²) in [6.45, 7) is 1.83. The van der Waals surface area contributed by atoms with E-state index >= 15 is 0 Å². The fraction of sp³-hybridized carbons (Fsp3) is 0.833. The fourth-order valence-electron chi connectivity index (χ4n) is 2.80. The highest BCUT2D eigenvalue weighted by molar-refractivity contribution is 4.95. The van der Waals surface area contributed by atoms with Crippen LogP contribution in [0.15, 0.2) is 6.33 Å². The molecule has 1 aromatic rings. The molecule has 2 rings (SSSR count). The Morgan fingerprint density at radius 3 is 2.63 bits per heavy atom. The van der Waals surface area contributed by atoms with Crippen LogP contribution in [0.1, 0.15) is 44.5 Å². The largest absolute Gasteiger partial charge is 0.393 e. The second kappa shape index (κ2) is 5.48. The summed E-state index contributed by atoms with van der Waals surface area (Å²) in [5.74, 6) is -0.594. The van der Waals surface area contributed by atoms with Gasteiger partial charge in [-0.2, -0.15) is 13.2 Å². The van der Waals surface area contributed by atoms with Crippen molar-refractivity contribution in [3.63, 3.8) is 0 Å². The van der Waals surface area contributed by atoms with Gasteiger partial charge in [0.2, 0.25) is 0 Å². The molecule has 0 radical (unpaired) electrons. The molecule has 4 nitrogen and oxygen atoms in total. The van der Waals surface area contributed by atoms with Crippen molar-refractivity contribution in [1.82, 2.24) is 20.1 Å². The SMILES string of the molecule is CC(NC1CCCCC1C(F)(F)F)c1nncn1C. The lowest BCUT2D eigenvalue weighted by atomic mass is 9.83. The lowest BCUT2D eigenvalue weighted by Crippen LogP contribution is -2.46. The molecule has 0 aromatic carbocycles. The van der Waals surface area contributed by atoms with Crippen LogP contribution < -0.4 is 5.32 Å². The first kappa shape index (κ1) is 14.3. The molecule has 0 saturated heterocycles. The second-order valence-corrected chi connectivity index (χ2v) is 5.23. The molecule has 1 saturated carbocycles. The van der Waals surface area contributed by atoms with E-state index in [1.807, 2.05) is 6.92 Å². The van der Waals surface area contributed by atoms with E-state index in [4.69, 9.17) is 0 Å². The molecule has 0 amide bonds. The van der Waals surface area contributed by atoms with Crippen LogP contribution in [0.3, 0.4) is 0 Å². The van der Waals surface area contributed by atoms with Crippen molar-refractivity contribution in [2.45, 2.75) is 50.9 Å². The van der Waals surface area contributed by atoms with E-state index in [0.29, 0.717) is 18.7 Å².